The first-order valence-electron chi connectivity index (χ1n) is 14.1. The van der Waals surface area contributed by atoms with Crippen molar-refractivity contribution >= 4 is 28.6 Å². The summed E-state index contributed by atoms with van der Waals surface area (Å²) in [6.45, 7) is 4.55. The second-order valence-electron chi connectivity index (χ2n) is 11.2. The van der Waals surface area contributed by atoms with Crippen LogP contribution in [0.1, 0.15) is 59.1 Å². The van der Waals surface area contributed by atoms with Gasteiger partial charge >= 0.3 is 0 Å². The molecule has 4 aromatic rings. The van der Waals surface area contributed by atoms with E-state index in [1.807, 2.05) is 86.6 Å². The maximum Gasteiger partial charge on any atom is 0.255 e. The fourth-order valence-corrected chi connectivity index (χ4v) is 6.21. The number of carbonyl (C=O) groups excluding carboxylic acids is 3. The van der Waals surface area contributed by atoms with Gasteiger partial charge in [-0.2, -0.15) is 0 Å². The van der Waals surface area contributed by atoms with Gasteiger partial charge < -0.3 is 20.5 Å². The van der Waals surface area contributed by atoms with Crippen molar-refractivity contribution in [2.24, 2.45) is 5.92 Å². The van der Waals surface area contributed by atoms with Crippen LogP contribution >= 0.6 is 0 Å². The minimum Gasteiger partial charge on any atom is -0.356 e. The Morgan fingerprint density at radius 1 is 0.975 bits per heavy atom. The summed E-state index contributed by atoms with van der Waals surface area (Å²) in [5.74, 6) is -0.458. The van der Waals surface area contributed by atoms with Crippen LogP contribution in [-0.4, -0.2) is 46.2 Å². The molecular weight excluding hydrogens is 500 g/mol. The fourth-order valence-electron chi connectivity index (χ4n) is 6.21. The Labute approximate surface area is 234 Å². The highest BCUT2D eigenvalue weighted by Gasteiger charge is 2.49. The lowest BCUT2D eigenvalue weighted by Gasteiger charge is -2.37. The van der Waals surface area contributed by atoms with Gasteiger partial charge in [-0.05, 0) is 47.6 Å². The van der Waals surface area contributed by atoms with Crippen LogP contribution < -0.4 is 10.6 Å². The van der Waals surface area contributed by atoms with Crippen LogP contribution in [0.5, 0.6) is 0 Å². The van der Waals surface area contributed by atoms with Gasteiger partial charge in [0, 0.05) is 35.1 Å². The molecule has 0 fully saturated rings. The van der Waals surface area contributed by atoms with E-state index in [2.05, 4.69) is 21.7 Å². The van der Waals surface area contributed by atoms with E-state index in [9.17, 15) is 14.4 Å². The maximum atomic E-state index is 14.0. The number of nitrogens with zero attached hydrogens (tertiary/aromatic N) is 1. The Hall–Kier alpha value is -4.39. The number of aromatic amines is 1. The molecule has 1 aromatic heterocycles. The zero-order valence-electron chi connectivity index (χ0n) is 22.8. The molecule has 1 unspecified atom stereocenters. The number of aromatic nitrogens is 1. The van der Waals surface area contributed by atoms with E-state index in [4.69, 9.17) is 0 Å². The summed E-state index contributed by atoms with van der Waals surface area (Å²) in [4.78, 5) is 46.2. The average Bonchev–Trinajstić information content (AvgIpc) is 3.48. The molecule has 3 N–H and O–H groups in total. The van der Waals surface area contributed by atoms with E-state index in [1.165, 1.54) is 0 Å². The molecule has 3 atom stereocenters. The molecule has 0 saturated heterocycles. The molecule has 204 valence electrons. The first-order chi connectivity index (χ1) is 19.4. The SMILES string of the molecule is CC(C)C[C@H](NC(=O)[C@@H]1Cc2c([nH]c3ccccc23)C2c3ccccc3C(=O)N21)C(=O)NCCc1ccccc1. The molecule has 0 bridgehead atoms. The van der Waals surface area contributed by atoms with Gasteiger partial charge in [-0.25, -0.2) is 0 Å². The summed E-state index contributed by atoms with van der Waals surface area (Å²) in [5, 5.41) is 7.11. The maximum absolute atomic E-state index is 14.0. The fraction of sp³-hybridized carbons (Fsp3) is 0.303. The lowest BCUT2D eigenvalue weighted by atomic mass is 9.89. The molecule has 2 aliphatic heterocycles. The van der Waals surface area contributed by atoms with Crippen LogP contribution in [0.25, 0.3) is 10.9 Å². The zero-order valence-corrected chi connectivity index (χ0v) is 22.8. The van der Waals surface area contributed by atoms with Gasteiger partial charge in [-0.15, -0.1) is 0 Å². The predicted octanol–water partition coefficient (Wildman–Crippen LogP) is 4.53. The minimum absolute atomic E-state index is 0.155. The van der Waals surface area contributed by atoms with Crippen molar-refractivity contribution in [3.8, 4) is 0 Å². The molecule has 7 heteroatoms. The van der Waals surface area contributed by atoms with Gasteiger partial charge in [0.2, 0.25) is 11.8 Å². The highest BCUT2D eigenvalue weighted by molar-refractivity contribution is 6.04. The van der Waals surface area contributed by atoms with Crippen molar-refractivity contribution < 1.29 is 14.4 Å². The highest BCUT2D eigenvalue weighted by atomic mass is 16.2. The lowest BCUT2D eigenvalue weighted by molar-refractivity contribution is -0.132. The van der Waals surface area contributed by atoms with E-state index >= 15 is 0 Å². The Morgan fingerprint density at radius 3 is 2.50 bits per heavy atom. The normalized spacial score (nSPS) is 18.3. The molecule has 0 spiro atoms. The summed E-state index contributed by atoms with van der Waals surface area (Å²) in [6.07, 6.45) is 1.60. The standard InChI is InChI=1S/C33H34N4O3/c1-20(2)18-27(31(38)34-17-16-21-10-4-3-5-11-21)36-32(39)28-19-25-22-12-8-9-15-26(22)35-29(25)30-23-13-6-7-14-24(23)33(40)37(28)30/h3-15,20,27-28,30,35H,16-19H2,1-2H3,(H,34,38)(H,36,39)/t27-,28-,30?/m0/s1. The molecular formula is C33H34N4O3. The third-order valence-corrected chi connectivity index (χ3v) is 8.05. The van der Waals surface area contributed by atoms with Gasteiger partial charge in [0.25, 0.3) is 5.91 Å². The van der Waals surface area contributed by atoms with Crippen molar-refractivity contribution in [3.63, 3.8) is 0 Å². The van der Waals surface area contributed by atoms with Crippen LogP contribution in [-0.2, 0) is 22.4 Å². The lowest BCUT2D eigenvalue weighted by Crippen LogP contribution is -2.56. The minimum atomic E-state index is -0.733. The largest absolute Gasteiger partial charge is 0.356 e. The van der Waals surface area contributed by atoms with Crippen LogP contribution in [0.3, 0.4) is 0 Å². The molecule has 3 aromatic carbocycles. The molecule has 0 radical (unpaired) electrons. The van der Waals surface area contributed by atoms with Crippen molar-refractivity contribution in [2.75, 3.05) is 6.54 Å². The summed E-state index contributed by atoms with van der Waals surface area (Å²) in [6, 6.07) is 23.8. The van der Waals surface area contributed by atoms with E-state index in [-0.39, 0.29) is 29.7 Å². The second kappa shape index (κ2) is 10.6. The number of nitrogens with one attached hydrogen (secondary N) is 3. The molecule has 0 saturated carbocycles. The summed E-state index contributed by atoms with van der Waals surface area (Å²) in [5.41, 5.74) is 5.66. The number of benzene rings is 3. The summed E-state index contributed by atoms with van der Waals surface area (Å²) in [7, 11) is 0. The summed E-state index contributed by atoms with van der Waals surface area (Å²) >= 11 is 0. The Balaban J connectivity index is 1.27. The molecule has 2 aliphatic rings. The predicted molar refractivity (Wildman–Crippen MR) is 155 cm³/mol. The Bertz CT molecular complexity index is 1580. The molecule has 3 amide bonds. The van der Waals surface area contributed by atoms with Crippen LogP contribution in [0.2, 0.25) is 0 Å². The Kier molecular flexibility index (Phi) is 6.88. The number of para-hydroxylation sites is 1. The first-order valence-corrected chi connectivity index (χ1v) is 14.1. The van der Waals surface area contributed by atoms with E-state index < -0.39 is 12.1 Å². The summed E-state index contributed by atoms with van der Waals surface area (Å²) < 4.78 is 0. The smallest absolute Gasteiger partial charge is 0.255 e. The van der Waals surface area contributed by atoms with Crippen LogP contribution in [0, 0.1) is 5.92 Å². The molecule has 40 heavy (non-hydrogen) atoms. The van der Waals surface area contributed by atoms with Gasteiger partial charge in [0.15, 0.2) is 0 Å². The van der Waals surface area contributed by atoms with Gasteiger partial charge in [-0.1, -0.05) is 80.6 Å². The number of amides is 3. The van der Waals surface area contributed by atoms with E-state index in [0.717, 1.165) is 33.3 Å². The highest BCUT2D eigenvalue weighted by Crippen LogP contribution is 2.46. The number of rotatable bonds is 8. The second-order valence-corrected chi connectivity index (χ2v) is 11.2. The van der Waals surface area contributed by atoms with E-state index in [0.29, 0.717) is 31.4 Å². The number of fused-ring (bicyclic) bond motifs is 7. The van der Waals surface area contributed by atoms with Crippen LogP contribution in [0.4, 0.5) is 0 Å². The van der Waals surface area contributed by atoms with Crippen molar-refractivity contribution in [1.82, 2.24) is 20.5 Å². The zero-order chi connectivity index (χ0) is 27.8. The van der Waals surface area contributed by atoms with Gasteiger partial charge in [0.05, 0.1) is 6.04 Å². The molecule has 0 aliphatic carbocycles. The molecule has 3 heterocycles. The third kappa shape index (κ3) is 4.66. The topological polar surface area (TPSA) is 94.3 Å². The van der Waals surface area contributed by atoms with Gasteiger partial charge in [-0.3, -0.25) is 14.4 Å². The number of hydrogen-bond acceptors (Lipinski definition) is 3. The van der Waals surface area contributed by atoms with Gasteiger partial charge in [0.1, 0.15) is 12.1 Å². The van der Waals surface area contributed by atoms with Crippen LogP contribution in [0.15, 0.2) is 78.9 Å². The van der Waals surface area contributed by atoms with E-state index in [1.54, 1.807) is 4.90 Å². The van der Waals surface area contributed by atoms with Crippen molar-refractivity contribution in [3.05, 3.63) is 107 Å². The monoisotopic (exact) mass is 534 g/mol. The number of H-pyrrole nitrogens is 1. The molecule has 6 rings (SSSR count). The Morgan fingerprint density at radius 2 is 1.70 bits per heavy atom. The number of carbonyl (C=O) groups is 3. The van der Waals surface area contributed by atoms with Crippen molar-refractivity contribution in [1.29, 1.82) is 0 Å². The third-order valence-electron chi connectivity index (χ3n) is 8.05. The quantitative estimate of drug-likeness (QED) is 0.310. The van der Waals surface area contributed by atoms with Crippen molar-refractivity contribution in [2.45, 2.75) is 51.2 Å². The molecule has 7 nitrogen and oxygen atoms in total. The number of hydrogen-bond donors (Lipinski definition) is 3. The average molecular weight is 535 g/mol. The first kappa shape index (κ1) is 25.9.